The van der Waals surface area contributed by atoms with Gasteiger partial charge in [0.25, 0.3) is 0 Å². The fourth-order valence-electron chi connectivity index (χ4n) is 2.52. The lowest BCUT2D eigenvalue weighted by atomic mass is 10.2. The molecule has 21 heavy (non-hydrogen) atoms. The van der Waals surface area contributed by atoms with E-state index < -0.39 is 19.8 Å². The summed E-state index contributed by atoms with van der Waals surface area (Å²) >= 11 is 0. The lowest BCUT2D eigenvalue weighted by molar-refractivity contribution is -0.0433. The molecular weight excluding hydrogens is 287 g/mol. The molecule has 4 nitrogen and oxygen atoms in total. The van der Waals surface area contributed by atoms with E-state index in [1.807, 2.05) is 36.4 Å². The number of hydrogen-bond acceptors (Lipinski definition) is 4. The molecule has 0 amide bonds. The summed E-state index contributed by atoms with van der Waals surface area (Å²) in [6, 6.07) is 16.4. The van der Waals surface area contributed by atoms with E-state index in [1.165, 1.54) is 0 Å². The molecule has 0 radical (unpaired) electrons. The van der Waals surface area contributed by atoms with Crippen LogP contribution >= 0.6 is 7.14 Å². The minimum atomic E-state index is -3.10. The highest BCUT2D eigenvalue weighted by Gasteiger charge is 2.32. The van der Waals surface area contributed by atoms with E-state index in [0.29, 0.717) is 23.8 Å². The van der Waals surface area contributed by atoms with Crippen molar-refractivity contribution in [3.63, 3.8) is 0 Å². The van der Waals surface area contributed by atoms with Gasteiger partial charge in [-0.05, 0) is 0 Å². The normalized spacial score (nSPS) is 18.5. The van der Waals surface area contributed by atoms with Crippen molar-refractivity contribution in [2.75, 3.05) is 19.6 Å². The summed E-state index contributed by atoms with van der Waals surface area (Å²) in [5, 5.41) is 11.1. The van der Waals surface area contributed by atoms with Crippen molar-refractivity contribution in [2.24, 2.45) is 0 Å². The fourth-order valence-corrected chi connectivity index (χ4v) is 4.69. The van der Waals surface area contributed by atoms with E-state index in [2.05, 4.69) is 0 Å². The highest BCUT2D eigenvalue weighted by Crippen LogP contribution is 2.44. The summed E-state index contributed by atoms with van der Waals surface area (Å²) < 4.78 is 24.5. The van der Waals surface area contributed by atoms with E-state index in [4.69, 9.17) is 9.47 Å². The number of rotatable bonds is 4. The first-order valence-electron chi connectivity index (χ1n) is 6.84. The van der Waals surface area contributed by atoms with Gasteiger partial charge in [-0.15, -0.1) is 0 Å². The van der Waals surface area contributed by atoms with Gasteiger partial charge < -0.3 is 19.1 Å². The second kappa shape index (κ2) is 6.12. The van der Waals surface area contributed by atoms with Crippen molar-refractivity contribution in [1.82, 2.24) is 0 Å². The quantitative estimate of drug-likeness (QED) is 0.878. The number of aliphatic hydroxyl groups excluding tert-OH is 1. The summed E-state index contributed by atoms with van der Waals surface area (Å²) in [5.41, 5.74) is 0.733. The van der Waals surface area contributed by atoms with Crippen LogP contribution in [-0.2, 0) is 14.0 Å². The third-order valence-electron chi connectivity index (χ3n) is 3.57. The molecule has 0 saturated carbocycles. The Morgan fingerprint density at radius 1 is 1.00 bits per heavy atom. The number of ether oxygens (including phenoxy) is 2. The molecule has 0 aliphatic carbocycles. The molecule has 1 heterocycles. The van der Waals surface area contributed by atoms with Crippen LogP contribution < -0.4 is 10.6 Å². The summed E-state index contributed by atoms with van der Waals surface area (Å²) in [5.74, 6) is 0. The second-order valence-corrected chi connectivity index (χ2v) is 7.61. The van der Waals surface area contributed by atoms with E-state index in [9.17, 15) is 9.67 Å². The van der Waals surface area contributed by atoms with Crippen LogP contribution in [0, 0.1) is 0 Å². The number of hydrogen-bond donors (Lipinski definition) is 1. The molecule has 1 atom stereocenters. The highest BCUT2D eigenvalue weighted by molar-refractivity contribution is 7.78. The van der Waals surface area contributed by atoms with Crippen LogP contribution in [0.5, 0.6) is 0 Å². The van der Waals surface area contributed by atoms with Crippen LogP contribution in [0.25, 0.3) is 0 Å². The first-order chi connectivity index (χ1) is 10.3. The van der Waals surface area contributed by atoms with Gasteiger partial charge in [0.05, 0.1) is 13.2 Å². The van der Waals surface area contributed by atoms with Gasteiger partial charge in [0.2, 0.25) is 0 Å². The van der Waals surface area contributed by atoms with Gasteiger partial charge in [-0.3, -0.25) is 0 Å². The van der Waals surface area contributed by atoms with Crippen LogP contribution in [0.15, 0.2) is 54.6 Å². The molecule has 2 aromatic rings. The summed E-state index contributed by atoms with van der Waals surface area (Å²) in [6.45, 7) is 1.04. The third-order valence-corrected chi connectivity index (χ3v) is 6.29. The smallest absolute Gasteiger partial charge is 0.184 e. The first-order valence-corrected chi connectivity index (χ1v) is 8.73. The van der Waals surface area contributed by atoms with Gasteiger partial charge in [0.1, 0.15) is 6.35 Å². The molecular formula is C16H17O4P. The maximum Gasteiger partial charge on any atom is 0.184 e. The van der Waals surface area contributed by atoms with Crippen LogP contribution in [0.2, 0.25) is 0 Å². The molecule has 1 fully saturated rings. The number of aliphatic hydroxyl groups is 1. The van der Waals surface area contributed by atoms with Gasteiger partial charge in [-0.2, -0.15) is 0 Å². The zero-order valence-corrected chi connectivity index (χ0v) is 12.4. The monoisotopic (exact) mass is 304 g/mol. The Balaban J connectivity index is 2.11. The Bertz CT molecular complexity index is 650. The van der Waals surface area contributed by atoms with Crippen molar-refractivity contribution >= 4 is 17.8 Å². The highest BCUT2D eigenvalue weighted by atomic mass is 31.2. The summed E-state index contributed by atoms with van der Waals surface area (Å²) in [6.07, 6.45) is -0.925. The van der Waals surface area contributed by atoms with Gasteiger partial charge in [0.15, 0.2) is 13.4 Å². The number of benzene rings is 2. The van der Waals surface area contributed by atoms with Crippen molar-refractivity contribution in [2.45, 2.75) is 6.29 Å². The standard InChI is InChI=1S/C16H17O4P/c17-12-21(18,13-6-2-1-3-7-13)15-9-5-4-8-14(15)16-19-10-11-20-16/h1-9,16-17H,10-12H2/t21-/m1/s1. The first kappa shape index (κ1) is 14.5. The Labute approximate surface area is 123 Å². The molecule has 0 unspecified atom stereocenters. The maximum atomic E-state index is 13.4. The zero-order chi connectivity index (χ0) is 14.7. The molecule has 1 aliphatic rings. The molecule has 2 aromatic carbocycles. The molecule has 1 aliphatic heterocycles. The van der Waals surface area contributed by atoms with Gasteiger partial charge in [-0.1, -0.05) is 54.6 Å². The Kier molecular flexibility index (Phi) is 4.22. The van der Waals surface area contributed by atoms with Crippen molar-refractivity contribution in [3.8, 4) is 0 Å². The fraction of sp³-hybridized carbons (Fsp3) is 0.250. The molecule has 0 spiro atoms. The molecule has 5 heteroatoms. The molecule has 1 N–H and O–H groups in total. The van der Waals surface area contributed by atoms with E-state index in [-0.39, 0.29) is 0 Å². The van der Waals surface area contributed by atoms with Crippen molar-refractivity contribution < 1.29 is 19.1 Å². The van der Waals surface area contributed by atoms with Crippen molar-refractivity contribution in [1.29, 1.82) is 0 Å². The maximum absolute atomic E-state index is 13.4. The van der Waals surface area contributed by atoms with Crippen LogP contribution in [0.1, 0.15) is 11.9 Å². The lowest BCUT2D eigenvalue weighted by Gasteiger charge is -2.22. The Morgan fingerprint density at radius 2 is 1.62 bits per heavy atom. The van der Waals surface area contributed by atoms with E-state index in [1.54, 1.807) is 18.2 Å². The van der Waals surface area contributed by atoms with Gasteiger partial charge in [-0.25, -0.2) is 0 Å². The van der Waals surface area contributed by atoms with Gasteiger partial charge >= 0.3 is 0 Å². The molecule has 1 saturated heterocycles. The predicted molar refractivity (Wildman–Crippen MR) is 81.5 cm³/mol. The zero-order valence-electron chi connectivity index (χ0n) is 11.5. The average Bonchev–Trinajstić information content (AvgIpc) is 3.09. The molecule has 0 bridgehead atoms. The lowest BCUT2D eigenvalue weighted by Crippen LogP contribution is -2.23. The topological polar surface area (TPSA) is 55.8 Å². The third kappa shape index (κ3) is 2.68. The summed E-state index contributed by atoms with van der Waals surface area (Å²) in [4.78, 5) is 0. The predicted octanol–water partition coefficient (Wildman–Crippen LogP) is 2.00. The van der Waals surface area contributed by atoms with Crippen LogP contribution in [-0.4, -0.2) is 24.7 Å². The molecule has 0 aromatic heterocycles. The van der Waals surface area contributed by atoms with Crippen molar-refractivity contribution in [3.05, 3.63) is 60.2 Å². The van der Waals surface area contributed by atoms with Crippen LogP contribution in [0.3, 0.4) is 0 Å². The SMILES string of the molecule is O=[P@](CO)(c1ccccc1)c1ccccc1C1OCCO1. The second-order valence-electron chi connectivity index (χ2n) is 4.85. The van der Waals surface area contributed by atoms with E-state index in [0.717, 1.165) is 5.56 Å². The van der Waals surface area contributed by atoms with Gasteiger partial charge in [0, 0.05) is 16.2 Å². The molecule has 3 rings (SSSR count). The Hall–Kier alpha value is -1.45. The van der Waals surface area contributed by atoms with E-state index >= 15 is 0 Å². The Morgan fingerprint density at radius 3 is 2.29 bits per heavy atom. The minimum Gasteiger partial charge on any atom is -0.388 e. The minimum absolute atomic E-state index is 0.416. The average molecular weight is 304 g/mol. The summed E-state index contributed by atoms with van der Waals surface area (Å²) in [7, 11) is -3.10. The largest absolute Gasteiger partial charge is 0.388 e. The van der Waals surface area contributed by atoms with Crippen LogP contribution in [0.4, 0.5) is 0 Å². The molecule has 110 valence electrons.